The lowest BCUT2D eigenvalue weighted by molar-refractivity contribution is -0.124. The molecule has 0 radical (unpaired) electrons. The lowest BCUT2D eigenvalue weighted by Crippen LogP contribution is -2.51. The third-order valence-corrected chi connectivity index (χ3v) is 6.81. The van der Waals surface area contributed by atoms with Crippen molar-refractivity contribution in [3.63, 3.8) is 0 Å². The van der Waals surface area contributed by atoms with Gasteiger partial charge in [0.25, 0.3) is 10.1 Å². The molecule has 1 aliphatic heterocycles. The minimum Gasteiger partial charge on any atom is -0.445 e. The smallest absolute Gasteiger partial charge is 0.410 e. The van der Waals surface area contributed by atoms with Crippen LogP contribution in [0.2, 0.25) is 0 Å². The average Bonchev–Trinajstić information content (AvgIpc) is 3.31. The molecule has 41 heavy (non-hydrogen) atoms. The number of aryl methyl sites for hydroxylation is 1. The molecular weight excluding hydrogens is 550 g/mol. The largest absolute Gasteiger partial charge is 0.445 e. The zero-order valence-electron chi connectivity index (χ0n) is 23.9. The fourth-order valence-corrected chi connectivity index (χ4v) is 4.79. The Balaban J connectivity index is 1.68. The molecule has 2 aromatic rings. The first-order valence-electron chi connectivity index (χ1n) is 13.4. The average molecular weight is 590 g/mol. The van der Waals surface area contributed by atoms with Gasteiger partial charge in [0, 0.05) is 12.6 Å². The van der Waals surface area contributed by atoms with Crippen LogP contribution in [0, 0.1) is 0 Å². The molecule has 0 saturated carbocycles. The minimum atomic E-state index is -3.76. The molecule has 1 fully saturated rings. The first-order chi connectivity index (χ1) is 19.3. The van der Waals surface area contributed by atoms with E-state index in [0.29, 0.717) is 12.8 Å². The van der Waals surface area contributed by atoms with Gasteiger partial charge in [0.15, 0.2) is 0 Å². The van der Waals surface area contributed by atoms with E-state index in [9.17, 15) is 22.8 Å². The molecule has 0 spiro atoms. The number of carbonyl (C=O) groups is 3. The van der Waals surface area contributed by atoms with E-state index in [0.717, 1.165) is 17.4 Å². The van der Waals surface area contributed by atoms with Gasteiger partial charge in [-0.2, -0.15) is 8.42 Å². The number of nitrogens with zero attached hydrogens (tertiary/aromatic N) is 1. The summed E-state index contributed by atoms with van der Waals surface area (Å²) in [5.74, 6) is -0.445. The van der Waals surface area contributed by atoms with Gasteiger partial charge >= 0.3 is 12.2 Å². The van der Waals surface area contributed by atoms with Crippen molar-refractivity contribution in [1.82, 2.24) is 15.5 Å². The molecule has 3 atom stereocenters. The van der Waals surface area contributed by atoms with Crippen molar-refractivity contribution < 1.29 is 36.5 Å². The van der Waals surface area contributed by atoms with E-state index in [-0.39, 0.29) is 26.2 Å². The molecule has 0 aromatic heterocycles. The van der Waals surface area contributed by atoms with Crippen LogP contribution in [0.3, 0.4) is 0 Å². The van der Waals surface area contributed by atoms with Crippen LogP contribution >= 0.6 is 0 Å². The quantitative estimate of drug-likeness (QED) is 0.380. The zero-order chi connectivity index (χ0) is 30.0. The van der Waals surface area contributed by atoms with E-state index in [2.05, 4.69) is 10.6 Å². The Morgan fingerprint density at radius 1 is 1.00 bits per heavy atom. The predicted molar refractivity (Wildman–Crippen MR) is 152 cm³/mol. The standard InChI is InChI=1S/C29H39N3O8S/c1-29(2,3)40-27(34)31-25(16-15-21-11-7-5-8-12-21)26(33)30-23-17-24(20-39-41(4,36)37)32(18-23)28(35)38-19-22-13-9-6-10-14-22/h5-14,23-25H,15-20H2,1-4H3,(H,30,33)(H,31,34)/t23-,24-,25-/m0/s1. The second-order valence-corrected chi connectivity index (χ2v) is 12.6. The number of carbonyl (C=O) groups excluding carboxylic acids is 3. The Hall–Kier alpha value is -3.64. The molecule has 0 unspecified atom stereocenters. The highest BCUT2D eigenvalue weighted by Crippen LogP contribution is 2.21. The number of likely N-dealkylation sites (tertiary alicyclic amines) is 1. The summed E-state index contributed by atoms with van der Waals surface area (Å²) in [7, 11) is -3.76. The minimum absolute atomic E-state index is 0.0359. The van der Waals surface area contributed by atoms with Crippen molar-refractivity contribution in [2.75, 3.05) is 19.4 Å². The maximum Gasteiger partial charge on any atom is 0.410 e. The van der Waals surface area contributed by atoms with Gasteiger partial charge < -0.3 is 25.0 Å². The van der Waals surface area contributed by atoms with E-state index in [1.165, 1.54) is 4.90 Å². The maximum absolute atomic E-state index is 13.4. The third kappa shape index (κ3) is 11.4. The van der Waals surface area contributed by atoms with Gasteiger partial charge in [0.2, 0.25) is 5.91 Å². The predicted octanol–water partition coefficient (Wildman–Crippen LogP) is 3.38. The van der Waals surface area contributed by atoms with Gasteiger partial charge in [-0.05, 0) is 51.2 Å². The van der Waals surface area contributed by atoms with Crippen LogP contribution in [0.25, 0.3) is 0 Å². The third-order valence-electron chi connectivity index (χ3n) is 6.25. The fraction of sp³-hybridized carbons (Fsp3) is 0.483. The monoisotopic (exact) mass is 589 g/mol. The number of amides is 3. The summed E-state index contributed by atoms with van der Waals surface area (Å²) in [6, 6.07) is 16.6. The molecule has 1 saturated heterocycles. The molecule has 0 aliphatic carbocycles. The van der Waals surface area contributed by atoms with Crippen molar-refractivity contribution in [3.05, 3.63) is 71.8 Å². The lowest BCUT2D eigenvalue weighted by Gasteiger charge is -2.24. The highest BCUT2D eigenvalue weighted by molar-refractivity contribution is 7.85. The molecule has 1 aliphatic rings. The van der Waals surface area contributed by atoms with E-state index >= 15 is 0 Å². The maximum atomic E-state index is 13.4. The topological polar surface area (TPSA) is 140 Å². The zero-order valence-corrected chi connectivity index (χ0v) is 24.7. The number of ether oxygens (including phenoxy) is 2. The number of hydrogen-bond donors (Lipinski definition) is 2. The SMILES string of the molecule is CC(C)(C)OC(=O)N[C@@H](CCc1ccccc1)C(=O)N[C@H]1C[C@@H](COS(C)(=O)=O)N(C(=O)OCc2ccccc2)C1. The van der Waals surface area contributed by atoms with Crippen molar-refractivity contribution in [3.8, 4) is 0 Å². The Labute approximate surface area is 241 Å². The Bertz CT molecular complexity index is 1270. The highest BCUT2D eigenvalue weighted by Gasteiger charge is 2.38. The summed E-state index contributed by atoms with van der Waals surface area (Å²) < 4.78 is 39.1. The first kappa shape index (κ1) is 31.9. The van der Waals surface area contributed by atoms with E-state index < -0.39 is 51.9 Å². The Kier molecular flexibility index (Phi) is 11.1. The molecule has 224 valence electrons. The Morgan fingerprint density at radius 3 is 2.20 bits per heavy atom. The molecule has 11 nitrogen and oxygen atoms in total. The molecule has 3 amide bonds. The highest BCUT2D eigenvalue weighted by atomic mass is 32.2. The molecule has 2 aromatic carbocycles. The van der Waals surface area contributed by atoms with Crippen LogP contribution in [-0.4, -0.2) is 74.5 Å². The summed E-state index contributed by atoms with van der Waals surface area (Å²) in [6.07, 6.45) is 0.634. The normalized spacial score (nSPS) is 17.9. The Morgan fingerprint density at radius 2 is 1.61 bits per heavy atom. The second kappa shape index (κ2) is 14.3. The molecular formula is C29H39N3O8S. The van der Waals surface area contributed by atoms with Gasteiger partial charge in [0.05, 0.1) is 18.9 Å². The molecule has 2 N–H and O–H groups in total. The van der Waals surface area contributed by atoms with Crippen molar-refractivity contribution in [2.24, 2.45) is 0 Å². The number of rotatable bonds is 11. The molecule has 1 heterocycles. The number of alkyl carbamates (subject to hydrolysis) is 1. The summed E-state index contributed by atoms with van der Waals surface area (Å²) in [5, 5.41) is 5.57. The van der Waals surface area contributed by atoms with Gasteiger partial charge in [-0.25, -0.2) is 9.59 Å². The summed E-state index contributed by atoms with van der Waals surface area (Å²) in [6.45, 7) is 5.03. The van der Waals surface area contributed by atoms with E-state index in [1.54, 1.807) is 20.8 Å². The number of benzene rings is 2. The van der Waals surface area contributed by atoms with E-state index in [4.69, 9.17) is 13.7 Å². The van der Waals surface area contributed by atoms with Crippen LogP contribution in [0.5, 0.6) is 0 Å². The second-order valence-electron chi connectivity index (χ2n) is 11.0. The summed E-state index contributed by atoms with van der Waals surface area (Å²) >= 11 is 0. The van der Waals surface area contributed by atoms with Crippen LogP contribution in [-0.2, 0) is 41.6 Å². The van der Waals surface area contributed by atoms with Gasteiger partial charge in [-0.15, -0.1) is 0 Å². The summed E-state index contributed by atoms with van der Waals surface area (Å²) in [5.41, 5.74) is 1.05. The van der Waals surface area contributed by atoms with Crippen LogP contribution < -0.4 is 10.6 Å². The van der Waals surface area contributed by atoms with Crippen LogP contribution in [0.4, 0.5) is 9.59 Å². The van der Waals surface area contributed by atoms with Crippen molar-refractivity contribution in [1.29, 1.82) is 0 Å². The van der Waals surface area contributed by atoms with Gasteiger partial charge in [0.1, 0.15) is 18.2 Å². The molecule has 3 rings (SSSR count). The number of hydrogen-bond acceptors (Lipinski definition) is 8. The first-order valence-corrected chi connectivity index (χ1v) is 15.3. The number of nitrogens with one attached hydrogen (secondary N) is 2. The summed E-state index contributed by atoms with van der Waals surface area (Å²) in [4.78, 5) is 40.2. The molecule has 0 bridgehead atoms. The van der Waals surface area contributed by atoms with Crippen molar-refractivity contribution in [2.45, 2.75) is 70.4 Å². The van der Waals surface area contributed by atoms with E-state index in [1.807, 2.05) is 60.7 Å². The van der Waals surface area contributed by atoms with Crippen LogP contribution in [0.1, 0.15) is 44.7 Å². The van der Waals surface area contributed by atoms with Crippen molar-refractivity contribution >= 4 is 28.2 Å². The fourth-order valence-electron chi connectivity index (χ4n) is 4.38. The lowest BCUT2D eigenvalue weighted by atomic mass is 10.0. The van der Waals surface area contributed by atoms with Gasteiger partial charge in [-0.3, -0.25) is 8.98 Å². The van der Waals surface area contributed by atoms with Crippen LogP contribution in [0.15, 0.2) is 60.7 Å². The molecule has 12 heteroatoms. The van der Waals surface area contributed by atoms with Gasteiger partial charge in [-0.1, -0.05) is 60.7 Å².